The summed E-state index contributed by atoms with van der Waals surface area (Å²) in [6, 6.07) is 6.78. The molecular formula is C15H25N3O2S. The van der Waals surface area contributed by atoms with Gasteiger partial charge < -0.3 is 11.1 Å². The van der Waals surface area contributed by atoms with Crippen molar-refractivity contribution in [3.05, 3.63) is 24.3 Å². The quantitative estimate of drug-likeness (QED) is 0.685. The third kappa shape index (κ3) is 4.43. The van der Waals surface area contributed by atoms with Crippen molar-refractivity contribution >= 4 is 15.7 Å². The van der Waals surface area contributed by atoms with Crippen LogP contribution in [0.25, 0.3) is 0 Å². The standard InChI is InChI=1S/C15H25N3O2S/c1-12(2)18-21(19,20)14-5-3-13(4-6-14)17-11-15(7-8-15)9-10-16/h3-6,12,17-18H,7-11,16H2,1-2H3. The third-order valence-corrected chi connectivity index (χ3v) is 5.53. The SMILES string of the molecule is CC(C)NS(=O)(=O)c1ccc(NCC2(CCN)CC2)cc1. The van der Waals surface area contributed by atoms with Crippen molar-refractivity contribution in [3.8, 4) is 0 Å². The van der Waals surface area contributed by atoms with E-state index in [1.165, 1.54) is 12.8 Å². The van der Waals surface area contributed by atoms with Crippen LogP contribution in [0.1, 0.15) is 33.1 Å². The molecule has 0 spiro atoms. The van der Waals surface area contributed by atoms with Gasteiger partial charge in [-0.3, -0.25) is 0 Å². The minimum atomic E-state index is -3.41. The molecule has 5 nitrogen and oxygen atoms in total. The van der Waals surface area contributed by atoms with Gasteiger partial charge in [-0.2, -0.15) is 0 Å². The van der Waals surface area contributed by atoms with Gasteiger partial charge in [-0.1, -0.05) is 0 Å². The predicted molar refractivity (Wildman–Crippen MR) is 85.7 cm³/mol. The van der Waals surface area contributed by atoms with Gasteiger partial charge in [0.1, 0.15) is 0 Å². The van der Waals surface area contributed by atoms with Crippen LogP contribution >= 0.6 is 0 Å². The van der Waals surface area contributed by atoms with E-state index >= 15 is 0 Å². The Labute approximate surface area is 127 Å². The molecule has 0 unspecified atom stereocenters. The molecule has 1 saturated carbocycles. The van der Waals surface area contributed by atoms with Gasteiger partial charge in [0.25, 0.3) is 0 Å². The monoisotopic (exact) mass is 311 g/mol. The number of nitrogens with one attached hydrogen (secondary N) is 2. The molecule has 0 amide bonds. The molecule has 1 fully saturated rings. The van der Waals surface area contributed by atoms with Gasteiger partial charge in [0, 0.05) is 18.3 Å². The molecule has 0 bridgehead atoms. The molecule has 0 heterocycles. The number of hydrogen-bond donors (Lipinski definition) is 3. The molecule has 1 aliphatic carbocycles. The Balaban J connectivity index is 1.96. The number of rotatable bonds is 8. The van der Waals surface area contributed by atoms with E-state index in [2.05, 4.69) is 10.0 Å². The Morgan fingerprint density at radius 3 is 2.33 bits per heavy atom. The molecule has 118 valence electrons. The van der Waals surface area contributed by atoms with Gasteiger partial charge in [-0.25, -0.2) is 13.1 Å². The second-order valence-corrected chi connectivity index (χ2v) is 7.91. The van der Waals surface area contributed by atoms with Gasteiger partial charge >= 0.3 is 0 Å². The molecule has 21 heavy (non-hydrogen) atoms. The molecule has 1 aliphatic rings. The highest BCUT2D eigenvalue weighted by Crippen LogP contribution is 2.48. The van der Waals surface area contributed by atoms with Crippen LogP contribution in [-0.2, 0) is 10.0 Å². The topological polar surface area (TPSA) is 84.2 Å². The van der Waals surface area contributed by atoms with Crippen LogP contribution in [0.3, 0.4) is 0 Å². The minimum absolute atomic E-state index is 0.112. The van der Waals surface area contributed by atoms with Crippen molar-refractivity contribution in [2.45, 2.75) is 44.0 Å². The lowest BCUT2D eigenvalue weighted by molar-refractivity contribution is 0.501. The highest BCUT2D eigenvalue weighted by atomic mass is 32.2. The number of hydrogen-bond acceptors (Lipinski definition) is 4. The zero-order valence-corrected chi connectivity index (χ0v) is 13.5. The van der Waals surface area contributed by atoms with E-state index in [1.807, 2.05) is 12.1 Å². The highest BCUT2D eigenvalue weighted by molar-refractivity contribution is 7.89. The first kappa shape index (κ1) is 16.3. The molecule has 0 aliphatic heterocycles. The molecule has 1 aromatic carbocycles. The fourth-order valence-corrected chi connectivity index (χ4v) is 3.67. The molecular weight excluding hydrogens is 286 g/mol. The first-order valence-electron chi connectivity index (χ1n) is 7.43. The van der Waals surface area contributed by atoms with Crippen molar-refractivity contribution in [1.82, 2.24) is 4.72 Å². The van der Waals surface area contributed by atoms with Crippen molar-refractivity contribution < 1.29 is 8.42 Å². The number of sulfonamides is 1. The van der Waals surface area contributed by atoms with E-state index in [9.17, 15) is 8.42 Å². The van der Waals surface area contributed by atoms with Crippen LogP contribution in [0, 0.1) is 5.41 Å². The maximum atomic E-state index is 12.0. The summed E-state index contributed by atoms with van der Waals surface area (Å²) < 4.78 is 26.6. The Bertz CT molecular complexity index is 563. The van der Waals surface area contributed by atoms with E-state index in [0.29, 0.717) is 10.3 Å². The van der Waals surface area contributed by atoms with Gasteiger partial charge in [-0.05, 0) is 69.3 Å². The molecule has 0 radical (unpaired) electrons. The smallest absolute Gasteiger partial charge is 0.240 e. The van der Waals surface area contributed by atoms with Crippen LogP contribution < -0.4 is 15.8 Å². The number of nitrogens with two attached hydrogens (primary N) is 1. The molecule has 4 N–H and O–H groups in total. The van der Waals surface area contributed by atoms with Crippen molar-refractivity contribution in [1.29, 1.82) is 0 Å². The molecule has 0 atom stereocenters. The summed E-state index contributed by atoms with van der Waals surface area (Å²) in [5.74, 6) is 0. The second kappa shape index (κ2) is 6.34. The molecule has 1 aromatic rings. The second-order valence-electron chi connectivity index (χ2n) is 6.19. The number of anilines is 1. The summed E-state index contributed by atoms with van der Waals surface area (Å²) >= 11 is 0. The van der Waals surface area contributed by atoms with Crippen LogP contribution in [0.5, 0.6) is 0 Å². The fraction of sp³-hybridized carbons (Fsp3) is 0.600. The Morgan fingerprint density at radius 2 is 1.86 bits per heavy atom. The van der Waals surface area contributed by atoms with Crippen LogP contribution in [0.15, 0.2) is 29.2 Å². The van der Waals surface area contributed by atoms with Crippen LogP contribution in [-0.4, -0.2) is 27.5 Å². The predicted octanol–water partition coefficient (Wildman–Crippen LogP) is 1.91. The summed E-state index contributed by atoms with van der Waals surface area (Å²) in [7, 11) is -3.41. The summed E-state index contributed by atoms with van der Waals surface area (Å²) in [4.78, 5) is 0.296. The van der Waals surface area contributed by atoms with E-state index in [0.717, 1.165) is 25.2 Å². The minimum Gasteiger partial charge on any atom is -0.384 e. The number of benzene rings is 1. The van der Waals surface area contributed by atoms with E-state index in [1.54, 1.807) is 26.0 Å². The molecule has 2 rings (SSSR count). The van der Waals surface area contributed by atoms with Crippen molar-refractivity contribution in [2.75, 3.05) is 18.4 Å². The lowest BCUT2D eigenvalue weighted by Gasteiger charge is -2.16. The summed E-state index contributed by atoms with van der Waals surface area (Å²) in [5.41, 5.74) is 6.94. The molecule has 0 aromatic heterocycles. The van der Waals surface area contributed by atoms with Crippen molar-refractivity contribution in [3.63, 3.8) is 0 Å². The maximum absolute atomic E-state index is 12.0. The maximum Gasteiger partial charge on any atom is 0.240 e. The average molecular weight is 311 g/mol. The van der Waals surface area contributed by atoms with E-state index in [-0.39, 0.29) is 6.04 Å². The van der Waals surface area contributed by atoms with Gasteiger partial charge in [0.05, 0.1) is 4.90 Å². The zero-order chi connectivity index (χ0) is 15.5. The van der Waals surface area contributed by atoms with E-state index < -0.39 is 10.0 Å². The molecule has 6 heteroatoms. The summed E-state index contributed by atoms with van der Waals surface area (Å²) in [6.07, 6.45) is 3.49. The Kier molecular flexibility index (Phi) is 4.91. The molecule has 0 saturated heterocycles. The van der Waals surface area contributed by atoms with Crippen LogP contribution in [0.2, 0.25) is 0 Å². The first-order chi connectivity index (χ1) is 9.87. The largest absolute Gasteiger partial charge is 0.384 e. The first-order valence-corrected chi connectivity index (χ1v) is 8.92. The van der Waals surface area contributed by atoms with Gasteiger partial charge in [0.2, 0.25) is 10.0 Å². The summed E-state index contributed by atoms with van der Waals surface area (Å²) in [5, 5.41) is 3.38. The lowest BCUT2D eigenvalue weighted by atomic mass is 10.0. The van der Waals surface area contributed by atoms with Gasteiger partial charge in [0.15, 0.2) is 0 Å². The lowest BCUT2D eigenvalue weighted by Crippen LogP contribution is -2.30. The fourth-order valence-electron chi connectivity index (χ4n) is 2.42. The van der Waals surface area contributed by atoms with Crippen LogP contribution in [0.4, 0.5) is 5.69 Å². The van der Waals surface area contributed by atoms with Crippen molar-refractivity contribution in [2.24, 2.45) is 11.1 Å². The summed E-state index contributed by atoms with van der Waals surface area (Å²) in [6.45, 7) is 5.24. The third-order valence-electron chi connectivity index (χ3n) is 3.85. The average Bonchev–Trinajstić information content (AvgIpc) is 3.16. The highest BCUT2D eigenvalue weighted by Gasteiger charge is 2.41. The Hall–Kier alpha value is -1.11. The zero-order valence-electron chi connectivity index (χ0n) is 12.7. The normalized spacial score (nSPS) is 17.0. The Morgan fingerprint density at radius 1 is 1.24 bits per heavy atom. The van der Waals surface area contributed by atoms with E-state index in [4.69, 9.17) is 5.73 Å². The van der Waals surface area contributed by atoms with Gasteiger partial charge in [-0.15, -0.1) is 0 Å².